The highest BCUT2D eigenvalue weighted by Gasteiger charge is 2.60. The van der Waals surface area contributed by atoms with E-state index >= 15 is 0 Å². The molecule has 2 fully saturated rings. The smallest absolute Gasteiger partial charge is 0.240 e. The normalized spacial score (nSPS) is 29.7. The molecule has 1 N–H and O–H groups in total. The van der Waals surface area contributed by atoms with Gasteiger partial charge >= 0.3 is 0 Å². The van der Waals surface area contributed by atoms with Gasteiger partial charge in [-0.25, -0.2) is 8.42 Å². The van der Waals surface area contributed by atoms with E-state index in [-0.39, 0.29) is 5.91 Å². The summed E-state index contributed by atoms with van der Waals surface area (Å²) in [5.41, 5.74) is -0.432. The maximum absolute atomic E-state index is 12.5. The van der Waals surface area contributed by atoms with Crippen LogP contribution in [0.25, 0.3) is 0 Å². The molecule has 0 aromatic heterocycles. The van der Waals surface area contributed by atoms with Crippen molar-refractivity contribution in [1.29, 1.82) is 0 Å². The topological polar surface area (TPSA) is 63.2 Å². The van der Waals surface area contributed by atoms with E-state index in [4.69, 9.17) is 0 Å². The highest BCUT2D eigenvalue weighted by atomic mass is 32.2. The highest BCUT2D eigenvalue weighted by molar-refractivity contribution is 7.91. The van der Waals surface area contributed by atoms with E-state index in [0.29, 0.717) is 25.2 Å². The Balaban J connectivity index is 2.01. The summed E-state index contributed by atoms with van der Waals surface area (Å²) in [6.45, 7) is 7.69. The van der Waals surface area contributed by atoms with Gasteiger partial charge in [-0.15, -0.1) is 6.58 Å². The van der Waals surface area contributed by atoms with E-state index in [1.807, 2.05) is 13.0 Å². The third-order valence-corrected chi connectivity index (χ3v) is 7.66. The number of rotatable bonds is 9. The number of carbonyl (C=O) groups is 1. The summed E-state index contributed by atoms with van der Waals surface area (Å²) >= 11 is 0. The minimum Gasteiger partial charge on any atom is -0.273 e. The lowest BCUT2D eigenvalue weighted by molar-refractivity contribution is -0.125. The van der Waals surface area contributed by atoms with Crippen LogP contribution in [0.4, 0.5) is 0 Å². The van der Waals surface area contributed by atoms with E-state index in [9.17, 15) is 13.2 Å². The third kappa shape index (κ3) is 2.89. The number of carbonyl (C=O) groups excluding carboxylic acids is 1. The SMILES string of the molecule is C=CCCCC1(S(=O)(=O)NC(=O)C2(CC)CC2CC)CC1. The van der Waals surface area contributed by atoms with Crippen molar-refractivity contribution >= 4 is 15.9 Å². The fraction of sp³-hybridized carbons (Fsp3) is 0.812. The molecule has 0 radical (unpaired) electrons. The molecule has 5 heteroatoms. The van der Waals surface area contributed by atoms with Crippen LogP contribution in [0.2, 0.25) is 0 Å². The minimum absolute atomic E-state index is 0.271. The number of sulfonamides is 1. The molecule has 2 atom stereocenters. The molecule has 0 aromatic rings. The largest absolute Gasteiger partial charge is 0.273 e. The van der Waals surface area contributed by atoms with Gasteiger partial charge in [0.2, 0.25) is 15.9 Å². The molecule has 0 aliphatic heterocycles. The number of amides is 1. The van der Waals surface area contributed by atoms with Gasteiger partial charge in [0.1, 0.15) is 0 Å². The van der Waals surface area contributed by atoms with Crippen molar-refractivity contribution in [3.63, 3.8) is 0 Å². The Morgan fingerprint density at radius 1 is 1.38 bits per heavy atom. The molecular weight excluding hydrogens is 286 g/mol. The van der Waals surface area contributed by atoms with E-state index in [1.54, 1.807) is 0 Å². The molecular formula is C16H27NO3S. The Morgan fingerprint density at radius 2 is 2.05 bits per heavy atom. The van der Waals surface area contributed by atoms with Gasteiger partial charge in [-0.3, -0.25) is 9.52 Å². The Kier molecular flexibility index (Phi) is 4.52. The van der Waals surface area contributed by atoms with Crippen molar-refractivity contribution in [3.8, 4) is 0 Å². The molecule has 2 unspecified atom stereocenters. The first kappa shape index (κ1) is 16.5. The van der Waals surface area contributed by atoms with Gasteiger partial charge in [-0.05, 0) is 50.9 Å². The number of allylic oxidation sites excluding steroid dienone is 1. The molecule has 1 amide bonds. The molecule has 2 aliphatic carbocycles. The number of hydrogen-bond acceptors (Lipinski definition) is 3. The van der Waals surface area contributed by atoms with Crippen LogP contribution in [0.15, 0.2) is 12.7 Å². The van der Waals surface area contributed by atoms with Gasteiger partial charge < -0.3 is 0 Å². The van der Waals surface area contributed by atoms with Gasteiger partial charge in [0.25, 0.3) is 0 Å². The second-order valence-corrected chi connectivity index (χ2v) is 8.69. The Labute approximate surface area is 128 Å². The van der Waals surface area contributed by atoms with Gasteiger partial charge in [0.15, 0.2) is 0 Å². The van der Waals surface area contributed by atoms with E-state index in [2.05, 4.69) is 18.2 Å². The van der Waals surface area contributed by atoms with Crippen molar-refractivity contribution < 1.29 is 13.2 Å². The van der Waals surface area contributed by atoms with Crippen LogP contribution < -0.4 is 4.72 Å². The van der Waals surface area contributed by atoms with Gasteiger partial charge in [0, 0.05) is 0 Å². The van der Waals surface area contributed by atoms with Crippen LogP contribution in [0.5, 0.6) is 0 Å². The first-order valence-electron chi connectivity index (χ1n) is 8.05. The summed E-state index contributed by atoms with van der Waals surface area (Å²) in [6.07, 6.45) is 7.89. The summed E-state index contributed by atoms with van der Waals surface area (Å²) in [6, 6.07) is 0. The zero-order chi connectivity index (χ0) is 15.7. The van der Waals surface area contributed by atoms with Crippen molar-refractivity contribution in [2.75, 3.05) is 0 Å². The quantitative estimate of drug-likeness (QED) is 0.525. The summed E-state index contributed by atoms with van der Waals surface area (Å²) < 4.78 is 26.8. The Hall–Kier alpha value is -0.840. The Morgan fingerprint density at radius 3 is 2.48 bits per heavy atom. The van der Waals surface area contributed by atoms with Crippen molar-refractivity contribution in [2.24, 2.45) is 11.3 Å². The van der Waals surface area contributed by atoms with Gasteiger partial charge in [-0.1, -0.05) is 26.3 Å². The van der Waals surface area contributed by atoms with E-state index < -0.39 is 20.2 Å². The average Bonchev–Trinajstić information content (AvgIpc) is 3.33. The highest BCUT2D eigenvalue weighted by Crippen LogP contribution is 2.57. The molecule has 0 bridgehead atoms. The second-order valence-electron chi connectivity index (χ2n) is 6.62. The van der Waals surface area contributed by atoms with Crippen LogP contribution in [-0.4, -0.2) is 19.1 Å². The van der Waals surface area contributed by atoms with Crippen molar-refractivity contribution in [1.82, 2.24) is 4.72 Å². The fourth-order valence-corrected chi connectivity index (χ4v) is 5.20. The summed E-state index contributed by atoms with van der Waals surface area (Å²) in [5, 5.41) is 0. The monoisotopic (exact) mass is 313 g/mol. The number of nitrogens with one attached hydrogen (secondary N) is 1. The van der Waals surface area contributed by atoms with Crippen LogP contribution in [-0.2, 0) is 14.8 Å². The van der Waals surface area contributed by atoms with Crippen molar-refractivity contribution in [3.05, 3.63) is 12.7 Å². The summed E-state index contributed by atoms with van der Waals surface area (Å²) in [4.78, 5) is 12.4. The maximum Gasteiger partial charge on any atom is 0.240 e. The second kappa shape index (κ2) is 5.75. The predicted octanol–water partition coefficient (Wildman–Crippen LogP) is 3.15. The lowest BCUT2D eigenvalue weighted by atomic mass is 9.98. The molecule has 4 nitrogen and oxygen atoms in total. The van der Waals surface area contributed by atoms with Gasteiger partial charge in [0.05, 0.1) is 10.2 Å². The zero-order valence-corrected chi connectivity index (χ0v) is 14.0. The number of unbranched alkanes of at least 4 members (excludes halogenated alkanes) is 1. The van der Waals surface area contributed by atoms with Crippen LogP contribution in [0.1, 0.15) is 65.2 Å². The number of hydrogen-bond donors (Lipinski definition) is 1. The average molecular weight is 313 g/mol. The maximum atomic E-state index is 12.5. The molecule has 21 heavy (non-hydrogen) atoms. The van der Waals surface area contributed by atoms with Crippen LogP contribution >= 0.6 is 0 Å². The molecule has 2 aliphatic rings. The van der Waals surface area contributed by atoms with Crippen molar-refractivity contribution in [2.45, 2.75) is 70.0 Å². The molecule has 0 saturated heterocycles. The lowest BCUT2D eigenvalue weighted by Gasteiger charge is -2.20. The van der Waals surface area contributed by atoms with Gasteiger partial charge in [-0.2, -0.15) is 0 Å². The van der Waals surface area contributed by atoms with E-state index in [0.717, 1.165) is 32.1 Å². The zero-order valence-electron chi connectivity index (χ0n) is 13.2. The summed E-state index contributed by atoms with van der Waals surface area (Å²) in [5.74, 6) is 0.0699. The molecule has 2 rings (SSSR count). The van der Waals surface area contributed by atoms with E-state index in [1.165, 1.54) is 0 Å². The molecule has 2 saturated carbocycles. The summed E-state index contributed by atoms with van der Waals surface area (Å²) in [7, 11) is -3.55. The lowest BCUT2D eigenvalue weighted by Crippen LogP contribution is -2.43. The fourth-order valence-electron chi connectivity index (χ4n) is 3.48. The first-order chi connectivity index (χ1) is 9.87. The molecule has 0 aromatic carbocycles. The minimum atomic E-state index is -3.55. The van der Waals surface area contributed by atoms with Crippen LogP contribution in [0, 0.1) is 11.3 Å². The van der Waals surface area contributed by atoms with Crippen LogP contribution in [0.3, 0.4) is 0 Å². The first-order valence-corrected chi connectivity index (χ1v) is 9.53. The third-order valence-electron chi connectivity index (χ3n) is 5.45. The molecule has 120 valence electrons. The molecule has 0 spiro atoms. The predicted molar refractivity (Wildman–Crippen MR) is 84.2 cm³/mol. The Bertz CT molecular complexity index is 522. The molecule has 0 heterocycles. The standard InChI is InChI=1S/C16H27NO3S/c1-4-7-8-9-15(10-11-15)21(19,20)17-14(18)16(6-3)12-13(16)5-2/h4,13H,1,5-12H2,2-3H3,(H,17,18).